The first-order valence-electron chi connectivity index (χ1n) is 5.96. The van der Waals surface area contributed by atoms with Crippen LogP contribution in [0.4, 0.5) is 0 Å². The Bertz CT molecular complexity index is 369. The second-order valence-electron chi connectivity index (χ2n) is 5.48. The third kappa shape index (κ3) is 4.50. The summed E-state index contributed by atoms with van der Waals surface area (Å²) in [6, 6.07) is 6.20. The van der Waals surface area contributed by atoms with Gasteiger partial charge in [0.05, 0.1) is 0 Å². The van der Waals surface area contributed by atoms with Gasteiger partial charge in [-0.25, -0.2) is 0 Å². The van der Waals surface area contributed by atoms with Crippen molar-refractivity contribution in [3.63, 3.8) is 0 Å². The molecule has 0 amide bonds. The molecule has 0 aromatic heterocycles. The molecule has 0 aliphatic heterocycles. The lowest BCUT2D eigenvalue weighted by Crippen LogP contribution is -2.38. The summed E-state index contributed by atoms with van der Waals surface area (Å²) in [6.07, 6.45) is 2.04. The molecule has 0 spiro atoms. The van der Waals surface area contributed by atoms with Crippen molar-refractivity contribution in [1.29, 1.82) is 0 Å². The van der Waals surface area contributed by atoms with Crippen LogP contribution in [0.3, 0.4) is 0 Å². The lowest BCUT2D eigenvalue weighted by molar-refractivity contribution is 0.268. The first kappa shape index (κ1) is 14.8. The van der Waals surface area contributed by atoms with Crippen molar-refractivity contribution >= 4 is 23.2 Å². The van der Waals surface area contributed by atoms with Gasteiger partial charge in [-0.2, -0.15) is 0 Å². The van der Waals surface area contributed by atoms with Gasteiger partial charge >= 0.3 is 0 Å². The Morgan fingerprint density at radius 3 is 2.35 bits per heavy atom. The van der Waals surface area contributed by atoms with Gasteiger partial charge in [-0.05, 0) is 43.0 Å². The Morgan fingerprint density at radius 2 is 1.88 bits per heavy atom. The maximum Gasteiger partial charge on any atom is 0.0452 e. The highest BCUT2D eigenvalue weighted by atomic mass is 35.5. The van der Waals surface area contributed by atoms with Crippen molar-refractivity contribution in [3.8, 4) is 0 Å². The molecular formula is C14H21Cl2N. The predicted octanol–water partition coefficient (Wildman–Crippen LogP) is 4.56. The molecule has 0 radical (unpaired) electrons. The van der Waals surface area contributed by atoms with Gasteiger partial charge in [-0.1, -0.05) is 50.0 Å². The first-order chi connectivity index (χ1) is 7.84. The van der Waals surface area contributed by atoms with Crippen LogP contribution in [-0.4, -0.2) is 13.1 Å². The summed E-state index contributed by atoms with van der Waals surface area (Å²) >= 11 is 12.0. The third-order valence-corrected chi connectivity index (χ3v) is 3.70. The van der Waals surface area contributed by atoms with E-state index in [1.54, 1.807) is 0 Å². The summed E-state index contributed by atoms with van der Waals surface area (Å²) in [5.41, 5.74) is 1.42. The molecule has 1 nitrogen and oxygen atoms in total. The monoisotopic (exact) mass is 273 g/mol. The van der Waals surface area contributed by atoms with E-state index in [0.717, 1.165) is 17.9 Å². The zero-order chi connectivity index (χ0) is 13.1. The molecular weight excluding hydrogens is 253 g/mol. The third-order valence-electron chi connectivity index (χ3n) is 3.11. The molecule has 0 bridgehead atoms. The molecule has 1 atom stereocenters. The van der Waals surface area contributed by atoms with E-state index in [1.807, 2.05) is 25.2 Å². The number of rotatable bonds is 4. The Hall–Kier alpha value is -0.240. The smallest absolute Gasteiger partial charge is 0.0452 e. The molecule has 1 N–H and O–H groups in total. The molecule has 0 saturated heterocycles. The van der Waals surface area contributed by atoms with Gasteiger partial charge in [0, 0.05) is 16.1 Å². The van der Waals surface area contributed by atoms with E-state index in [-0.39, 0.29) is 5.41 Å². The van der Waals surface area contributed by atoms with Crippen molar-refractivity contribution in [2.24, 2.45) is 5.41 Å². The van der Waals surface area contributed by atoms with Crippen molar-refractivity contribution in [2.45, 2.75) is 39.7 Å². The van der Waals surface area contributed by atoms with Crippen molar-refractivity contribution < 1.29 is 0 Å². The maximum atomic E-state index is 6.17. The zero-order valence-electron chi connectivity index (χ0n) is 11.0. The number of halogens is 2. The van der Waals surface area contributed by atoms with Gasteiger partial charge in [0.15, 0.2) is 0 Å². The van der Waals surface area contributed by atoms with E-state index in [2.05, 4.69) is 26.1 Å². The number of hydrogen-bond acceptors (Lipinski definition) is 1. The summed E-state index contributed by atoms with van der Waals surface area (Å²) < 4.78 is 0. The van der Waals surface area contributed by atoms with Crippen molar-refractivity contribution in [1.82, 2.24) is 5.32 Å². The number of nitrogens with one attached hydrogen (secondary N) is 1. The number of benzene rings is 1. The van der Waals surface area contributed by atoms with Crippen LogP contribution in [-0.2, 0) is 6.42 Å². The van der Waals surface area contributed by atoms with Crippen LogP contribution < -0.4 is 5.32 Å². The lowest BCUT2D eigenvalue weighted by Gasteiger charge is -2.30. The molecule has 1 aromatic rings. The minimum atomic E-state index is 0.258. The largest absolute Gasteiger partial charge is 0.316 e. The van der Waals surface area contributed by atoms with Crippen LogP contribution in [0.1, 0.15) is 32.8 Å². The molecule has 17 heavy (non-hydrogen) atoms. The summed E-state index contributed by atoms with van der Waals surface area (Å²) in [7, 11) is 2.01. The highest BCUT2D eigenvalue weighted by molar-refractivity contribution is 6.35. The molecule has 0 saturated carbocycles. The van der Waals surface area contributed by atoms with Crippen LogP contribution in [0.5, 0.6) is 0 Å². The van der Waals surface area contributed by atoms with Crippen molar-refractivity contribution in [3.05, 3.63) is 33.8 Å². The average molecular weight is 274 g/mol. The second-order valence-corrected chi connectivity index (χ2v) is 6.33. The standard InChI is InChI=1S/C14H21Cl2N/c1-14(2,3)13(17-4)8-6-10-5-7-11(15)9-12(10)16/h5,7,9,13,17H,6,8H2,1-4H3. The molecule has 1 unspecified atom stereocenters. The summed E-state index contributed by atoms with van der Waals surface area (Å²) in [6.45, 7) is 6.74. The molecule has 0 heterocycles. The normalized spacial score (nSPS) is 13.8. The van der Waals surface area contributed by atoms with Gasteiger partial charge in [0.25, 0.3) is 0 Å². The fourth-order valence-corrected chi connectivity index (χ4v) is 2.54. The molecule has 3 heteroatoms. The lowest BCUT2D eigenvalue weighted by atomic mass is 9.83. The van der Waals surface area contributed by atoms with E-state index >= 15 is 0 Å². The SMILES string of the molecule is CNC(CCc1ccc(Cl)cc1Cl)C(C)(C)C. The predicted molar refractivity (Wildman–Crippen MR) is 77.1 cm³/mol. The van der Waals surface area contributed by atoms with Gasteiger partial charge < -0.3 is 5.32 Å². The average Bonchev–Trinajstić information content (AvgIpc) is 2.19. The van der Waals surface area contributed by atoms with Crippen molar-refractivity contribution in [2.75, 3.05) is 7.05 Å². The summed E-state index contributed by atoms with van der Waals surface area (Å²) in [5, 5.41) is 4.83. The van der Waals surface area contributed by atoms with E-state index in [9.17, 15) is 0 Å². The molecule has 1 rings (SSSR count). The maximum absolute atomic E-state index is 6.17. The summed E-state index contributed by atoms with van der Waals surface area (Å²) in [5.74, 6) is 0. The van der Waals surface area contributed by atoms with Crippen LogP contribution in [0.25, 0.3) is 0 Å². The van der Waals surface area contributed by atoms with E-state index in [1.165, 1.54) is 5.56 Å². The quantitative estimate of drug-likeness (QED) is 0.848. The van der Waals surface area contributed by atoms with Gasteiger partial charge in [0.2, 0.25) is 0 Å². The van der Waals surface area contributed by atoms with Crippen LogP contribution in [0.15, 0.2) is 18.2 Å². The number of aryl methyl sites for hydroxylation is 1. The van der Waals surface area contributed by atoms with Gasteiger partial charge in [-0.15, -0.1) is 0 Å². The second kappa shape index (κ2) is 6.08. The zero-order valence-corrected chi connectivity index (χ0v) is 12.5. The highest BCUT2D eigenvalue weighted by Gasteiger charge is 2.22. The van der Waals surface area contributed by atoms with Gasteiger partial charge in [-0.3, -0.25) is 0 Å². The minimum absolute atomic E-state index is 0.258. The topological polar surface area (TPSA) is 12.0 Å². The minimum Gasteiger partial charge on any atom is -0.316 e. The Kier molecular flexibility index (Phi) is 5.30. The molecule has 96 valence electrons. The number of hydrogen-bond donors (Lipinski definition) is 1. The fraction of sp³-hybridized carbons (Fsp3) is 0.571. The molecule has 0 aliphatic carbocycles. The highest BCUT2D eigenvalue weighted by Crippen LogP contribution is 2.26. The van der Waals surface area contributed by atoms with Gasteiger partial charge in [0.1, 0.15) is 0 Å². The molecule has 1 aromatic carbocycles. The Morgan fingerprint density at radius 1 is 1.24 bits per heavy atom. The fourth-order valence-electron chi connectivity index (χ4n) is 2.03. The molecule has 0 fully saturated rings. The molecule has 0 aliphatic rings. The van der Waals surface area contributed by atoms with Crippen LogP contribution in [0.2, 0.25) is 10.0 Å². The van der Waals surface area contributed by atoms with Crippen LogP contribution >= 0.6 is 23.2 Å². The first-order valence-corrected chi connectivity index (χ1v) is 6.71. The van der Waals surface area contributed by atoms with Crippen LogP contribution in [0, 0.1) is 5.41 Å². The van der Waals surface area contributed by atoms with E-state index in [0.29, 0.717) is 11.1 Å². The van der Waals surface area contributed by atoms with E-state index in [4.69, 9.17) is 23.2 Å². The van der Waals surface area contributed by atoms with E-state index < -0.39 is 0 Å². The summed E-state index contributed by atoms with van der Waals surface area (Å²) in [4.78, 5) is 0. The Balaban J connectivity index is 2.66. The Labute approximate surface area is 115 Å².